The van der Waals surface area contributed by atoms with Crippen molar-refractivity contribution >= 4 is 17.7 Å². The third-order valence-corrected chi connectivity index (χ3v) is 5.11. The van der Waals surface area contributed by atoms with Crippen LogP contribution in [0.4, 0.5) is 19.0 Å². The van der Waals surface area contributed by atoms with E-state index in [0.29, 0.717) is 22.6 Å². The van der Waals surface area contributed by atoms with E-state index in [1.165, 1.54) is 12.1 Å². The van der Waals surface area contributed by atoms with Gasteiger partial charge in [0, 0.05) is 17.2 Å². The minimum atomic E-state index is -1.11. The number of anilines is 1. The zero-order valence-corrected chi connectivity index (χ0v) is 16.7. The lowest BCUT2D eigenvalue weighted by molar-refractivity contribution is 0.0976. The average Bonchev–Trinajstić information content (AvgIpc) is 3.17. The molecule has 1 aliphatic rings. The molecule has 3 N–H and O–H groups in total. The van der Waals surface area contributed by atoms with Crippen LogP contribution in [0.1, 0.15) is 35.2 Å². The summed E-state index contributed by atoms with van der Waals surface area (Å²) in [6.07, 6.45) is 2.82. The maximum atomic E-state index is 13.9. The Balaban J connectivity index is 1.53. The van der Waals surface area contributed by atoms with Gasteiger partial charge in [-0.3, -0.25) is 15.2 Å². The van der Waals surface area contributed by atoms with Crippen LogP contribution >= 0.6 is 0 Å². The van der Waals surface area contributed by atoms with Gasteiger partial charge in [-0.05, 0) is 56.0 Å². The summed E-state index contributed by atoms with van der Waals surface area (Å²) in [5.41, 5.74) is 1.69. The maximum absolute atomic E-state index is 13.9. The van der Waals surface area contributed by atoms with Crippen LogP contribution in [0.15, 0.2) is 47.5 Å². The molecule has 1 saturated carbocycles. The van der Waals surface area contributed by atoms with E-state index in [0.717, 1.165) is 31.4 Å². The van der Waals surface area contributed by atoms with E-state index in [9.17, 15) is 18.0 Å². The molecule has 0 spiro atoms. The first-order chi connectivity index (χ1) is 14.9. The molecule has 1 amide bonds. The third kappa shape index (κ3) is 4.76. The van der Waals surface area contributed by atoms with Crippen LogP contribution in [0.25, 0.3) is 11.3 Å². The molecule has 2 aromatic carbocycles. The van der Waals surface area contributed by atoms with E-state index < -0.39 is 17.5 Å². The fraction of sp³-hybridized carbons (Fsp3) is 0.227. The van der Waals surface area contributed by atoms with E-state index in [1.807, 2.05) is 0 Å². The van der Waals surface area contributed by atoms with Gasteiger partial charge in [0.2, 0.25) is 5.96 Å². The number of hydrogen-bond acceptors (Lipinski definition) is 3. The second kappa shape index (κ2) is 8.63. The molecular weight excluding hydrogens is 407 g/mol. The minimum absolute atomic E-state index is 0.0418. The number of aliphatic imine (C=N–C) groups is 1. The largest absolute Gasteiger partial charge is 0.309 e. The van der Waals surface area contributed by atoms with Crippen LogP contribution in [0.5, 0.6) is 0 Å². The molecule has 31 heavy (non-hydrogen) atoms. The lowest BCUT2D eigenvalue weighted by atomic mass is 9.94. The molecule has 0 unspecified atom stereocenters. The monoisotopic (exact) mass is 427 g/mol. The molecule has 0 radical (unpaired) electrons. The highest BCUT2D eigenvalue weighted by atomic mass is 19.2. The van der Waals surface area contributed by atoms with Crippen molar-refractivity contribution in [1.82, 2.24) is 15.5 Å². The summed E-state index contributed by atoms with van der Waals surface area (Å²) < 4.78 is 40.5. The van der Waals surface area contributed by atoms with Crippen LogP contribution in [0.3, 0.4) is 0 Å². The SMILES string of the molecule is Cc1ccc(-c2cc(NC(=NC3CCC3)NC(=O)c3ccc(F)c(F)c3)n[nH]2)cc1F. The molecule has 4 rings (SSSR count). The van der Waals surface area contributed by atoms with Gasteiger partial charge in [-0.1, -0.05) is 12.1 Å². The molecule has 160 valence electrons. The Morgan fingerprint density at radius 1 is 1.06 bits per heavy atom. The number of aryl methyl sites for hydroxylation is 1. The molecule has 0 atom stereocenters. The van der Waals surface area contributed by atoms with Crippen molar-refractivity contribution in [1.29, 1.82) is 0 Å². The summed E-state index contributed by atoms with van der Waals surface area (Å²) >= 11 is 0. The van der Waals surface area contributed by atoms with Gasteiger partial charge < -0.3 is 5.32 Å². The fourth-order valence-electron chi connectivity index (χ4n) is 3.03. The Kier molecular flexibility index (Phi) is 5.75. The normalized spacial score (nSPS) is 14.3. The Bertz CT molecular complexity index is 1150. The molecule has 6 nitrogen and oxygen atoms in total. The quantitative estimate of drug-likeness (QED) is 0.422. The fourth-order valence-corrected chi connectivity index (χ4v) is 3.03. The lowest BCUT2D eigenvalue weighted by Crippen LogP contribution is -2.38. The molecular formula is C22H20F3N5O. The van der Waals surface area contributed by atoms with E-state index in [2.05, 4.69) is 25.8 Å². The second-order valence-corrected chi connectivity index (χ2v) is 7.40. The van der Waals surface area contributed by atoms with Crippen molar-refractivity contribution in [2.45, 2.75) is 32.2 Å². The number of hydrogen-bond donors (Lipinski definition) is 3. The van der Waals surface area contributed by atoms with Crippen LogP contribution < -0.4 is 10.6 Å². The van der Waals surface area contributed by atoms with Crippen LogP contribution in [0.2, 0.25) is 0 Å². The van der Waals surface area contributed by atoms with E-state index >= 15 is 0 Å². The second-order valence-electron chi connectivity index (χ2n) is 7.40. The lowest BCUT2D eigenvalue weighted by Gasteiger charge is -2.22. The molecule has 0 bridgehead atoms. The summed E-state index contributed by atoms with van der Waals surface area (Å²) in [5, 5.41) is 12.5. The number of nitrogens with one attached hydrogen (secondary N) is 3. The number of halogens is 3. The smallest absolute Gasteiger partial charge is 0.258 e. The van der Waals surface area contributed by atoms with Gasteiger partial charge in [0.1, 0.15) is 5.82 Å². The highest BCUT2D eigenvalue weighted by Crippen LogP contribution is 2.24. The number of carbonyl (C=O) groups excluding carboxylic acids is 1. The molecule has 0 saturated heterocycles. The zero-order chi connectivity index (χ0) is 22.0. The van der Waals surface area contributed by atoms with E-state index in [1.54, 1.807) is 25.1 Å². The van der Waals surface area contributed by atoms with Crippen molar-refractivity contribution in [3.63, 3.8) is 0 Å². The topological polar surface area (TPSA) is 82.2 Å². The number of rotatable bonds is 4. The first-order valence-electron chi connectivity index (χ1n) is 9.82. The van der Waals surface area contributed by atoms with E-state index in [4.69, 9.17) is 0 Å². The van der Waals surface area contributed by atoms with Crippen molar-refractivity contribution in [3.05, 3.63) is 71.0 Å². The van der Waals surface area contributed by atoms with Crippen LogP contribution in [-0.2, 0) is 0 Å². The van der Waals surface area contributed by atoms with Crippen molar-refractivity contribution in [2.75, 3.05) is 5.32 Å². The molecule has 3 aromatic rings. The molecule has 9 heteroatoms. The number of benzene rings is 2. The number of amides is 1. The number of H-pyrrole nitrogens is 1. The van der Waals surface area contributed by atoms with E-state index in [-0.39, 0.29) is 23.4 Å². The Hall–Kier alpha value is -3.62. The van der Waals surface area contributed by atoms with Crippen molar-refractivity contribution < 1.29 is 18.0 Å². The number of carbonyl (C=O) groups is 1. The molecule has 0 aliphatic heterocycles. The highest BCUT2D eigenvalue weighted by molar-refractivity contribution is 6.09. The van der Waals surface area contributed by atoms with Crippen molar-refractivity contribution in [2.24, 2.45) is 4.99 Å². The van der Waals surface area contributed by atoms with Gasteiger partial charge >= 0.3 is 0 Å². The Labute approximate surface area is 176 Å². The standard InChI is InChI=1S/C22H20F3N5O/c1-12-5-6-13(9-17(12)24)19-11-20(30-29-19)27-22(26-15-3-2-4-15)28-21(31)14-7-8-16(23)18(25)10-14/h5-11,15H,2-4H2,1H3,(H3,26,27,28,29,30,31). The number of aromatic amines is 1. The predicted molar refractivity (Wildman–Crippen MR) is 111 cm³/mol. The summed E-state index contributed by atoms with van der Waals surface area (Å²) in [5.74, 6) is -2.60. The van der Waals surface area contributed by atoms with Gasteiger partial charge in [-0.25, -0.2) is 18.2 Å². The average molecular weight is 427 g/mol. The first-order valence-corrected chi connectivity index (χ1v) is 9.82. The number of nitrogens with zero attached hydrogens (tertiary/aromatic N) is 2. The number of aromatic nitrogens is 2. The highest BCUT2D eigenvalue weighted by Gasteiger charge is 2.19. The summed E-state index contributed by atoms with van der Waals surface area (Å²) in [6, 6.07) is 9.45. The van der Waals surface area contributed by atoms with Gasteiger partial charge in [-0.15, -0.1) is 0 Å². The van der Waals surface area contributed by atoms with Gasteiger partial charge in [-0.2, -0.15) is 5.10 Å². The Morgan fingerprint density at radius 2 is 1.87 bits per heavy atom. The van der Waals surface area contributed by atoms with Crippen molar-refractivity contribution in [3.8, 4) is 11.3 Å². The molecule has 1 heterocycles. The summed E-state index contributed by atoms with van der Waals surface area (Å²) in [7, 11) is 0. The van der Waals surface area contributed by atoms with Gasteiger partial charge in [0.05, 0.1) is 11.7 Å². The summed E-state index contributed by atoms with van der Waals surface area (Å²) in [4.78, 5) is 17.0. The minimum Gasteiger partial charge on any atom is -0.309 e. The third-order valence-electron chi connectivity index (χ3n) is 5.11. The maximum Gasteiger partial charge on any atom is 0.258 e. The zero-order valence-electron chi connectivity index (χ0n) is 16.7. The number of guanidine groups is 1. The Morgan fingerprint density at radius 3 is 2.55 bits per heavy atom. The van der Waals surface area contributed by atoms with Gasteiger partial charge in [0.25, 0.3) is 5.91 Å². The van der Waals surface area contributed by atoms with Gasteiger partial charge in [0.15, 0.2) is 17.5 Å². The van der Waals surface area contributed by atoms with Crippen LogP contribution in [-0.4, -0.2) is 28.1 Å². The molecule has 1 fully saturated rings. The predicted octanol–water partition coefficient (Wildman–Crippen LogP) is 4.55. The molecule has 1 aromatic heterocycles. The van der Waals surface area contributed by atoms with Crippen LogP contribution in [0, 0.1) is 24.4 Å². The summed E-state index contributed by atoms with van der Waals surface area (Å²) in [6.45, 7) is 1.68. The first kappa shape index (κ1) is 20.6. The molecule has 1 aliphatic carbocycles.